The third-order valence-corrected chi connectivity index (χ3v) is 4.19. The number of likely N-dealkylation sites (tertiary alicyclic amines) is 1. The normalized spacial score (nSPS) is 15.1. The van der Waals surface area contributed by atoms with Crippen molar-refractivity contribution in [3.05, 3.63) is 6.57 Å². The minimum atomic E-state index is 1.37. The van der Waals surface area contributed by atoms with Gasteiger partial charge in [0.2, 0.25) is 0 Å². The molecule has 0 atom stereocenters. The van der Waals surface area contributed by atoms with Gasteiger partial charge in [-0.2, -0.15) is 0 Å². The van der Waals surface area contributed by atoms with Crippen molar-refractivity contribution in [1.29, 1.82) is 5.26 Å². The van der Waals surface area contributed by atoms with E-state index in [1.165, 1.54) is 96.7 Å². The monoisotopic (exact) mass is 266 g/mol. The molecule has 0 amide bonds. The second-order valence-corrected chi connectivity index (χ2v) is 5.89. The van der Waals surface area contributed by atoms with Gasteiger partial charge in [0.15, 0.2) is 0 Å². The van der Waals surface area contributed by atoms with Crippen LogP contribution in [0.3, 0.4) is 0 Å². The Bertz CT molecular complexity index is 183. The van der Waals surface area contributed by atoms with E-state index in [1.54, 1.807) is 0 Å². The van der Waals surface area contributed by atoms with Crippen LogP contribution in [0.2, 0.25) is 0 Å². The molecule has 1 N–H and O–H groups in total. The summed E-state index contributed by atoms with van der Waals surface area (Å²) in [6.07, 6.45) is 17.6. The number of rotatable bonds is 11. The molecule has 112 valence electrons. The molecule has 1 saturated heterocycles. The van der Waals surface area contributed by atoms with E-state index in [0.717, 1.165) is 0 Å². The van der Waals surface area contributed by atoms with Crippen molar-refractivity contribution in [2.75, 3.05) is 19.6 Å². The Kier molecular flexibility index (Phi) is 15.1. The van der Waals surface area contributed by atoms with E-state index in [0.29, 0.717) is 0 Å². The third-order valence-electron chi connectivity index (χ3n) is 4.19. The number of quaternary nitrogens is 1. The van der Waals surface area contributed by atoms with Crippen molar-refractivity contribution >= 4 is 0 Å². The van der Waals surface area contributed by atoms with Crippen LogP contribution in [0.5, 0.6) is 0 Å². The summed E-state index contributed by atoms with van der Waals surface area (Å²) in [7, 11) is 0. The van der Waals surface area contributed by atoms with E-state index in [-0.39, 0.29) is 0 Å². The molecule has 0 saturated carbocycles. The summed E-state index contributed by atoms with van der Waals surface area (Å²) in [5.74, 6) is 0. The van der Waals surface area contributed by atoms with Crippen molar-refractivity contribution < 1.29 is 4.90 Å². The smallest absolute Gasteiger partial charge is 0.0773 e. The Hall–Kier alpha value is -0.550. The molecule has 1 heterocycles. The molecule has 1 aliphatic rings. The largest absolute Gasteiger partial charge is 0.512 e. The van der Waals surface area contributed by atoms with Crippen LogP contribution >= 0.6 is 0 Å². The van der Waals surface area contributed by atoms with E-state index in [4.69, 9.17) is 11.8 Å². The maximum atomic E-state index is 6.25. The van der Waals surface area contributed by atoms with E-state index < -0.39 is 0 Å². The Morgan fingerprint density at radius 1 is 0.737 bits per heavy atom. The average molecular weight is 266 g/mol. The van der Waals surface area contributed by atoms with Gasteiger partial charge < -0.3 is 16.7 Å². The first-order chi connectivity index (χ1) is 9.43. The summed E-state index contributed by atoms with van der Waals surface area (Å²) in [6, 6.07) is 0. The molecule has 0 aromatic heterocycles. The van der Waals surface area contributed by atoms with Crippen molar-refractivity contribution in [3.63, 3.8) is 0 Å². The molecule has 0 aromatic rings. The van der Waals surface area contributed by atoms with Crippen LogP contribution in [0.1, 0.15) is 84.0 Å². The quantitative estimate of drug-likeness (QED) is 0.448. The number of nitrogens with one attached hydrogen (secondary N) is 1. The zero-order chi connectivity index (χ0) is 14.2. The molecule has 0 aromatic carbocycles. The van der Waals surface area contributed by atoms with Gasteiger partial charge in [-0.15, -0.1) is 0 Å². The van der Waals surface area contributed by atoms with Crippen molar-refractivity contribution in [3.8, 4) is 0 Å². The zero-order valence-corrected chi connectivity index (χ0v) is 13.1. The van der Waals surface area contributed by atoms with E-state index >= 15 is 0 Å². The molecule has 19 heavy (non-hydrogen) atoms. The predicted molar refractivity (Wildman–Crippen MR) is 81.6 cm³/mol. The predicted octanol–water partition coefficient (Wildman–Crippen LogP) is 3.68. The average Bonchev–Trinajstić information content (AvgIpc) is 2.96. The summed E-state index contributed by atoms with van der Waals surface area (Å²) in [5, 5.41) is 6.25. The Morgan fingerprint density at radius 2 is 1.16 bits per heavy atom. The van der Waals surface area contributed by atoms with Crippen LogP contribution in [0.25, 0.3) is 0 Å². The lowest BCUT2D eigenvalue weighted by Gasteiger charge is -2.11. The number of hydrogen-bond donors (Lipinski definition) is 1. The van der Waals surface area contributed by atoms with Crippen LogP contribution in [0, 0.1) is 11.8 Å². The van der Waals surface area contributed by atoms with Gasteiger partial charge >= 0.3 is 0 Å². The Morgan fingerprint density at radius 3 is 1.63 bits per heavy atom. The first-order valence-corrected chi connectivity index (χ1v) is 8.49. The first kappa shape index (κ1) is 18.4. The van der Waals surface area contributed by atoms with Gasteiger partial charge in [-0.05, 0) is 12.8 Å². The van der Waals surface area contributed by atoms with E-state index in [2.05, 4.69) is 6.92 Å². The van der Waals surface area contributed by atoms with Crippen LogP contribution in [0.15, 0.2) is 0 Å². The Labute approximate surface area is 121 Å². The number of unbranched alkanes of at least 4 members (excludes halogenated alkanes) is 9. The minimum absolute atomic E-state index is 1.37. The summed E-state index contributed by atoms with van der Waals surface area (Å²) < 4.78 is 0. The molecule has 0 unspecified atom stereocenters. The number of hydrogen-bond acceptors (Lipinski definition) is 1. The second-order valence-electron chi connectivity index (χ2n) is 5.89. The summed E-state index contributed by atoms with van der Waals surface area (Å²) in [4.78, 5) is 1.88. The fourth-order valence-electron chi connectivity index (χ4n) is 2.99. The highest BCUT2D eigenvalue weighted by Crippen LogP contribution is 2.10. The molecule has 0 spiro atoms. The summed E-state index contributed by atoms with van der Waals surface area (Å²) in [5.41, 5.74) is 0. The molecule has 2 nitrogen and oxygen atoms in total. The molecular formula is C17H34N2. The maximum Gasteiger partial charge on any atom is 0.0773 e. The maximum absolute atomic E-state index is 6.25. The molecule has 1 fully saturated rings. The van der Waals surface area contributed by atoms with Crippen LogP contribution < -0.4 is 4.90 Å². The lowest BCUT2D eigenvalue weighted by atomic mass is 10.1. The van der Waals surface area contributed by atoms with Gasteiger partial charge in [-0.25, -0.2) is 0 Å². The summed E-state index contributed by atoms with van der Waals surface area (Å²) in [6.45, 7) is 11.4. The molecule has 0 radical (unpaired) electrons. The molecule has 2 heteroatoms. The fourth-order valence-corrected chi connectivity index (χ4v) is 2.99. The zero-order valence-electron chi connectivity index (χ0n) is 13.1. The highest BCUT2D eigenvalue weighted by molar-refractivity contribution is 4.49. The Balaban J connectivity index is 0.00000154. The van der Waals surface area contributed by atoms with E-state index in [9.17, 15) is 0 Å². The summed E-state index contributed by atoms with van der Waals surface area (Å²) >= 11 is 0. The van der Waals surface area contributed by atoms with Gasteiger partial charge in [0.05, 0.1) is 19.6 Å². The van der Waals surface area contributed by atoms with Crippen LogP contribution in [-0.2, 0) is 0 Å². The molecule has 0 aliphatic carbocycles. The fraction of sp³-hybridized carbons (Fsp3) is 0.941. The van der Waals surface area contributed by atoms with Gasteiger partial charge in [-0.3, -0.25) is 0 Å². The van der Waals surface area contributed by atoms with Crippen LogP contribution in [-0.4, -0.2) is 19.6 Å². The molecule has 1 aliphatic heterocycles. The number of nitrogens with zero attached hydrogens (tertiary/aromatic N) is 1. The van der Waals surface area contributed by atoms with Crippen molar-refractivity contribution in [2.24, 2.45) is 0 Å². The van der Waals surface area contributed by atoms with E-state index in [1.807, 2.05) is 4.90 Å². The topological polar surface area (TPSA) is 28.2 Å². The highest BCUT2D eigenvalue weighted by atomic mass is 15.1. The SMILES string of the molecule is CCCCCCCCCCCC[NH+]1CCCC1.[C-]#N. The van der Waals surface area contributed by atoms with Crippen molar-refractivity contribution in [2.45, 2.75) is 84.0 Å². The molecule has 0 bridgehead atoms. The molecular weight excluding hydrogens is 232 g/mol. The minimum Gasteiger partial charge on any atom is -0.512 e. The van der Waals surface area contributed by atoms with Crippen molar-refractivity contribution in [1.82, 2.24) is 0 Å². The highest BCUT2D eigenvalue weighted by Gasteiger charge is 2.13. The standard InChI is InChI=1S/C16H33N.CN/c1-2-3-4-5-6-7-8-9-10-11-14-17-15-12-13-16-17;1-2/h2-16H2,1H3;/q;-1/p+1. The second kappa shape index (κ2) is 15.5. The van der Waals surface area contributed by atoms with Gasteiger partial charge in [-0.1, -0.05) is 58.3 Å². The van der Waals surface area contributed by atoms with Gasteiger partial charge in [0.25, 0.3) is 0 Å². The van der Waals surface area contributed by atoms with Gasteiger partial charge in [0, 0.05) is 12.8 Å². The lowest BCUT2D eigenvalue weighted by molar-refractivity contribution is -0.887. The third kappa shape index (κ3) is 12.2. The lowest BCUT2D eigenvalue weighted by Crippen LogP contribution is -3.09. The van der Waals surface area contributed by atoms with Gasteiger partial charge in [0.1, 0.15) is 0 Å². The molecule has 1 rings (SSSR count). The van der Waals surface area contributed by atoms with Crippen LogP contribution in [0.4, 0.5) is 0 Å². The first-order valence-electron chi connectivity index (χ1n) is 8.49.